The summed E-state index contributed by atoms with van der Waals surface area (Å²) in [5.74, 6) is 0. The summed E-state index contributed by atoms with van der Waals surface area (Å²) in [4.78, 5) is 2.46. The molecule has 328 valence electrons. The second-order valence-electron chi connectivity index (χ2n) is 18.3. The summed E-state index contributed by atoms with van der Waals surface area (Å²) >= 11 is 0. The minimum atomic E-state index is -0.470. The average Bonchev–Trinajstić information content (AvgIpc) is 3.75. The number of rotatable bonds is 9. The van der Waals surface area contributed by atoms with E-state index in [1.54, 1.807) is 0 Å². The lowest BCUT2D eigenvalue weighted by Crippen LogP contribution is -2.28. The van der Waals surface area contributed by atoms with Gasteiger partial charge in [0.25, 0.3) is 0 Å². The molecule has 0 aromatic heterocycles. The molecule has 12 aromatic rings. The van der Waals surface area contributed by atoms with E-state index in [9.17, 15) is 0 Å². The van der Waals surface area contributed by atoms with Gasteiger partial charge in [-0.1, -0.05) is 255 Å². The fourth-order valence-corrected chi connectivity index (χ4v) is 11.6. The highest BCUT2D eigenvalue weighted by atomic mass is 15.1. The van der Waals surface area contributed by atoms with Crippen molar-refractivity contribution in [1.82, 2.24) is 0 Å². The van der Waals surface area contributed by atoms with Gasteiger partial charge in [-0.25, -0.2) is 0 Å². The van der Waals surface area contributed by atoms with Crippen molar-refractivity contribution in [2.45, 2.75) is 5.41 Å². The van der Waals surface area contributed by atoms with Gasteiger partial charge in [0.1, 0.15) is 0 Å². The van der Waals surface area contributed by atoms with E-state index >= 15 is 0 Å². The second kappa shape index (κ2) is 17.2. The van der Waals surface area contributed by atoms with Gasteiger partial charge < -0.3 is 4.90 Å². The third-order valence-electron chi connectivity index (χ3n) is 14.5. The van der Waals surface area contributed by atoms with E-state index in [-0.39, 0.29) is 0 Å². The molecule has 1 heteroatoms. The summed E-state index contributed by atoms with van der Waals surface area (Å²) in [6.45, 7) is 0. The Hall–Kier alpha value is -9.04. The lowest BCUT2D eigenvalue weighted by Gasteiger charge is -2.34. The molecule has 70 heavy (non-hydrogen) atoms. The minimum Gasteiger partial charge on any atom is -0.310 e. The van der Waals surface area contributed by atoms with E-state index in [1.165, 1.54) is 93.9 Å². The molecule has 0 saturated heterocycles. The van der Waals surface area contributed by atoms with Crippen LogP contribution < -0.4 is 4.90 Å². The van der Waals surface area contributed by atoms with Gasteiger partial charge in [0.05, 0.1) is 11.1 Å². The number of fused-ring (bicyclic) bond motifs is 5. The van der Waals surface area contributed by atoms with Crippen LogP contribution in [0.3, 0.4) is 0 Å². The average molecular weight is 890 g/mol. The summed E-state index contributed by atoms with van der Waals surface area (Å²) in [5, 5.41) is 4.92. The molecule has 13 rings (SSSR count). The van der Waals surface area contributed by atoms with Crippen LogP contribution >= 0.6 is 0 Å². The van der Waals surface area contributed by atoms with Crippen molar-refractivity contribution in [1.29, 1.82) is 0 Å². The molecule has 0 atom stereocenters. The van der Waals surface area contributed by atoms with E-state index in [0.717, 1.165) is 22.6 Å². The Bertz CT molecular complexity index is 3820. The molecule has 0 spiro atoms. The molecule has 0 heterocycles. The molecular weight excluding hydrogens is 843 g/mol. The molecule has 0 saturated carbocycles. The summed E-state index contributed by atoms with van der Waals surface area (Å²) in [6.07, 6.45) is 0. The number of hydrogen-bond acceptors (Lipinski definition) is 1. The summed E-state index contributed by atoms with van der Waals surface area (Å²) < 4.78 is 0. The topological polar surface area (TPSA) is 3.24 Å². The molecular formula is C69H47N. The fourth-order valence-electron chi connectivity index (χ4n) is 11.6. The maximum atomic E-state index is 2.46. The van der Waals surface area contributed by atoms with Gasteiger partial charge in [0.2, 0.25) is 0 Å². The van der Waals surface area contributed by atoms with Crippen molar-refractivity contribution in [2.75, 3.05) is 4.90 Å². The summed E-state index contributed by atoms with van der Waals surface area (Å²) in [6, 6.07) is 105. The number of nitrogens with zero attached hydrogens (tertiary/aromatic N) is 1. The van der Waals surface area contributed by atoms with E-state index in [0.29, 0.717) is 0 Å². The van der Waals surface area contributed by atoms with Crippen LogP contribution in [0.4, 0.5) is 17.1 Å². The summed E-state index contributed by atoms with van der Waals surface area (Å²) in [5.41, 5.74) is 20.0. The third-order valence-corrected chi connectivity index (χ3v) is 14.5. The normalized spacial score (nSPS) is 12.4. The second-order valence-corrected chi connectivity index (χ2v) is 18.3. The smallest absolute Gasteiger partial charge is 0.0713 e. The quantitative estimate of drug-likeness (QED) is 0.140. The van der Waals surface area contributed by atoms with E-state index < -0.39 is 5.41 Å². The van der Waals surface area contributed by atoms with Gasteiger partial charge in [-0.2, -0.15) is 0 Å². The first-order chi connectivity index (χ1) is 34.8. The number of benzene rings is 12. The Morgan fingerprint density at radius 2 is 0.771 bits per heavy atom. The van der Waals surface area contributed by atoms with E-state index in [1.807, 2.05) is 0 Å². The van der Waals surface area contributed by atoms with Crippen LogP contribution in [0.5, 0.6) is 0 Å². The van der Waals surface area contributed by atoms with Gasteiger partial charge in [-0.15, -0.1) is 0 Å². The predicted molar refractivity (Wildman–Crippen MR) is 295 cm³/mol. The van der Waals surface area contributed by atoms with Gasteiger partial charge in [0.15, 0.2) is 0 Å². The van der Waals surface area contributed by atoms with Crippen LogP contribution in [0, 0.1) is 0 Å². The Morgan fingerprint density at radius 1 is 0.271 bits per heavy atom. The molecule has 12 aromatic carbocycles. The fraction of sp³-hybridized carbons (Fsp3) is 0.0145. The molecule has 1 nitrogen and oxygen atoms in total. The lowest BCUT2D eigenvalue weighted by molar-refractivity contribution is 0.768. The Balaban J connectivity index is 1.01. The molecule has 0 bridgehead atoms. The van der Waals surface area contributed by atoms with Crippen molar-refractivity contribution in [3.63, 3.8) is 0 Å². The molecule has 0 unspecified atom stereocenters. The van der Waals surface area contributed by atoms with Gasteiger partial charge in [-0.3, -0.25) is 0 Å². The molecule has 0 radical (unpaired) electrons. The number of anilines is 3. The highest BCUT2D eigenvalue weighted by Gasteiger charge is 2.46. The maximum Gasteiger partial charge on any atom is 0.0713 e. The first-order valence-electron chi connectivity index (χ1n) is 24.3. The molecule has 0 fully saturated rings. The SMILES string of the molecule is c1ccc(-c2cccc3cccc(-c4ccccc4N(c4ccc(-c5cccc6c5-c5ccccc5C6(c5ccccc5)c5ccccc5)cc4)c4cccc(-c5cccc6ccccc56)c4)c23)cc1. The highest BCUT2D eigenvalue weighted by Crippen LogP contribution is 2.58. The standard InChI is InChI=1S/C69H47N/c1-4-21-49(22-5-1)59-37-18-25-51-26-19-39-62(67(51)59)61-34-13-15-42-66(61)70(56-32-16-27-52(47-56)58-36-17-24-48-23-10-11-33-57(48)58)55-45-43-50(44-46-55)60-38-20-41-65-68(60)63-35-12-14-40-64(63)69(65,53-28-6-2-7-29-53)54-30-8-3-9-31-54/h1-47H. The van der Waals surface area contributed by atoms with Crippen LogP contribution in [0.25, 0.3) is 77.2 Å². The van der Waals surface area contributed by atoms with Gasteiger partial charge >= 0.3 is 0 Å². The predicted octanol–water partition coefficient (Wildman–Crippen LogP) is 18.5. The number of hydrogen-bond donors (Lipinski definition) is 0. The minimum absolute atomic E-state index is 0.470. The van der Waals surface area contributed by atoms with Crippen LogP contribution in [-0.2, 0) is 5.41 Å². The molecule has 0 N–H and O–H groups in total. The lowest BCUT2D eigenvalue weighted by atomic mass is 9.67. The van der Waals surface area contributed by atoms with Crippen molar-refractivity contribution >= 4 is 38.6 Å². The van der Waals surface area contributed by atoms with Crippen LogP contribution in [0.1, 0.15) is 22.3 Å². The molecule has 1 aliphatic carbocycles. The molecule has 0 amide bonds. The monoisotopic (exact) mass is 889 g/mol. The third kappa shape index (κ3) is 6.70. The Morgan fingerprint density at radius 3 is 1.53 bits per heavy atom. The zero-order valence-corrected chi connectivity index (χ0v) is 38.6. The first kappa shape index (κ1) is 41.2. The van der Waals surface area contributed by atoms with Crippen molar-refractivity contribution < 1.29 is 0 Å². The first-order valence-corrected chi connectivity index (χ1v) is 24.3. The van der Waals surface area contributed by atoms with Crippen molar-refractivity contribution in [3.05, 3.63) is 307 Å². The van der Waals surface area contributed by atoms with Gasteiger partial charge in [0, 0.05) is 16.9 Å². The Kier molecular flexibility index (Phi) is 10.1. The Labute approximate surface area is 409 Å². The van der Waals surface area contributed by atoms with Crippen LogP contribution in [-0.4, -0.2) is 0 Å². The van der Waals surface area contributed by atoms with E-state index in [2.05, 4.69) is 290 Å². The van der Waals surface area contributed by atoms with Crippen molar-refractivity contribution in [3.8, 4) is 55.6 Å². The van der Waals surface area contributed by atoms with Gasteiger partial charge in [-0.05, 0) is 124 Å². The van der Waals surface area contributed by atoms with E-state index in [4.69, 9.17) is 0 Å². The maximum absolute atomic E-state index is 2.46. The summed E-state index contributed by atoms with van der Waals surface area (Å²) in [7, 11) is 0. The van der Waals surface area contributed by atoms with Crippen LogP contribution in [0.15, 0.2) is 285 Å². The van der Waals surface area contributed by atoms with Crippen molar-refractivity contribution in [2.24, 2.45) is 0 Å². The zero-order valence-electron chi connectivity index (χ0n) is 38.6. The largest absolute Gasteiger partial charge is 0.310 e. The molecule has 0 aliphatic heterocycles. The van der Waals surface area contributed by atoms with Crippen LogP contribution in [0.2, 0.25) is 0 Å². The zero-order chi connectivity index (χ0) is 46.4. The molecule has 1 aliphatic rings. The highest BCUT2D eigenvalue weighted by molar-refractivity contribution is 6.09. The number of para-hydroxylation sites is 1.